The van der Waals surface area contributed by atoms with Crippen LogP contribution >= 0.6 is 23.2 Å². The number of nitrogens with zero attached hydrogens (tertiary/aromatic N) is 1. The lowest BCUT2D eigenvalue weighted by Crippen LogP contribution is -2.34. The first-order valence-electron chi connectivity index (χ1n) is 9.41. The van der Waals surface area contributed by atoms with Gasteiger partial charge in [-0.05, 0) is 87.0 Å². The average molecular weight is 392 g/mol. The second kappa shape index (κ2) is 9.12. The molecule has 1 fully saturated rings. The molecule has 2 aromatic carbocycles. The van der Waals surface area contributed by atoms with E-state index in [1.54, 1.807) is 0 Å². The summed E-state index contributed by atoms with van der Waals surface area (Å²) < 4.78 is 5.97. The van der Waals surface area contributed by atoms with Crippen LogP contribution in [0.4, 0.5) is 0 Å². The maximum Gasteiger partial charge on any atom is 0.122 e. The fourth-order valence-corrected chi connectivity index (χ4v) is 3.91. The number of hydrogen-bond acceptors (Lipinski definition) is 2. The Bertz CT molecular complexity index is 739. The quantitative estimate of drug-likeness (QED) is 0.538. The fraction of sp³-hybridized carbons (Fsp3) is 0.455. The highest BCUT2D eigenvalue weighted by Gasteiger charge is 2.20. The van der Waals surface area contributed by atoms with E-state index in [-0.39, 0.29) is 0 Å². The van der Waals surface area contributed by atoms with Crippen molar-refractivity contribution in [2.75, 3.05) is 26.2 Å². The molecule has 0 amide bonds. The second-order valence-corrected chi connectivity index (χ2v) is 8.00. The number of halogens is 2. The number of likely N-dealkylation sites (tertiary alicyclic amines) is 1. The molecule has 0 spiro atoms. The van der Waals surface area contributed by atoms with Crippen molar-refractivity contribution < 1.29 is 4.74 Å². The molecule has 2 nitrogen and oxygen atoms in total. The van der Waals surface area contributed by atoms with Crippen LogP contribution < -0.4 is 4.74 Å². The first-order chi connectivity index (χ1) is 12.5. The van der Waals surface area contributed by atoms with E-state index in [4.69, 9.17) is 27.9 Å². The standard InChI is InChI=1S/C22H27Cl2NO/c1-16-5-3-6-22(17(16)2)26-14-4-11-25-12-9-18(10-13-25)19-7-8-20(23)21(24)15-19/h3,5-8,15,18H,4,9-14H2,1-2H3. The molecule has 26 heavy (non-hydrogen) atoms. The molecule has 0 atom stereocenters. The third-order valence-corrected chi connectivity index (χ3v) is 6.17. The van der Waals surface area contributed by atoms with E-state index < -0.39 is 0 Å². The van der Waals surface area contributed by atoms with Gasteiger partial charge in [0.1, 0.15) is 5.75 Å². The lowest BCUT2D eigenvalue weighted by Gasteiger charge is -2.32. The molecule has 0 saturated carbocycles. The van der Waals surface area contributed by atoms with Gasteiger partial charge in [-0.25, -0.2) is 0 Å². The van der Waals surface area contributed by atoms with E-state index >= 15 is 0 Å². The van der Waals surface area contributed by atoms with E-state index in [1.165, 1.54) is 29.5 Å². The van der Waals surface area contributed by atoms with Crippen LogP contribution in [0.15, 0.2) is 36.4 Å². The highest BCUT2D eigenvalue weighted by atomic mass is 35.5. The minimum absolute atomic E-state index is 0.590. The predicted molar refractivity (Wildman–Crippen MR) is 111 cm³/mol. The molecule has 0 aliphatic carbocycles. The summed E-state index contributed by atoms with van der Waals surface area (Å²) in [7, 11) is 0. The largest absolute Gasteiger partial charge is 0.493 e. The molecule has 1 aliphatic rings. The molecule has 0 aromatic heterocycles. The molecule has 3 rings (SSSR count). The monoisotopic (exact) mass is 391 g/mol. The molecule has 1 saturated heterocycles. The van der Waals surface area contributed by atoms with Gasteiger partial charge < -0.3 is 9.64 Å². The van der Waals surface area contributed by atoms with Gasteiger partial charge in [0.2, 0.25) is 0 Å². The van der Waals surface area contributed by atoms with Crippen LogP contribution in [0.3, 0.4) is 0 Å². The summed E-state index contributed by atoms with van der Waals surface area (Å²) in [6, 6.07) is 12.3. The van der Waals surface area contributed by atoms with E-state index in [1.807, 2.05) is 12.1 Å². The molecule has 0 bridgehead atoms. The van der Waals surface area contributed by atoms with Crippen LogP contribution in [0.5, 0.6) is 5.75 Å². The van der Waals surface area contributed by atoms with Crippen LogP contribution in [0, 0.1) is 13.8 Å². The molecule has 0 radical (unpaired) electrons. The van der Waals surface area contributed by atoms with E-state index in [2.05, 4.69) is 43.0 Å². The van der Waals surface area contributed by atoms with E-state index in [9.17, 15) is 0 Å². The third-order valence-electron chi connectivity index (χ3n) is 5.43. The van der Waals surface area contributed by atoms with Crippen molar-refractivity contribution in [3.63, 3.8) is 0 Å². The number of aryl methyl sites for hydroxylation is 1. The average Bonchev–Trinajstić information content (AvgIpc) is 2.65. The van der Waals surface area contributed by atoms with Gasteiger partial charge >= 0.3 is 0 Å². The van der Waals surface area contributed by atoms with Gasteiger partial charge in [-0.2, -0.15) is 0 Å². The van der Waals surface area contributed by atoms with Gasteiger partial charge in [0.15, 0.2) is 0 Å². The Morgan fingerprint density at radius 2 is 1.81 bits per heavy atom. The number of piperidine rings is 1. The van der Waals surface area contributed by atoms with Gasteiger partial charge in [-0.15, -0.1) is 0 Å². The van der Waals surface area contributed by atoms with Crippen molar-refractivity contribution in [2.45, 2.75) is 39.0 Å². The molecule has 1 heterocycles. The van der Waals surface area contributed by atoms with Gasteiger partial charge in [0.05, 0.1) is 16.7 Å². The minimum Gasteiger partial charge on any atom is -0.493 e. The number of hydrogen-bond donors (Lipinski definition) is 0. The Kier molecular flexibility index (Phi) is 6.86. The smallest absolute Gasteiger partial charge is 0.122 e. The number of rotatable bonds is 6. The Labute approximate surface area is 167 Å². The molecule has 0 N–H and O–H groups in total. The number of ether oxygens (including phenoxy) is 1. The zero-order valence-electron chi connectivity index (χ0n) is 15.6. The first-order valence-corrected chi connectivity index (χ1v) is 10.2. The summed E-state index contributed by atoms with van der Waals surface area (Å²) in [6.07, 6.45) is 3.41. The molecule has 140 valence electrons. The first kappa shape index (κ1) is 19.5. The lowest BCUT2D eigenvalue weighted by molar-refractivity contribution is 0.192. The van der Waals surface area contributed by atoms with Crippen molar-refractivity contribution >= 4 is 23.2 Å². The van der Waals surface area contributed by atoms with Gasteiger partial charge in [0, 0.05) is 6.54 Å². The van der Waals surface area contributed by atoms with Crippen LogP contribution in [-0.2, 0) is 0 Å². The SMILES string of the molecule is Cc1cccc(OCCCN2CCC(c3ccc(Cl)c(Cl)c3)CC2)c1C. The summed E-state index contributed by atoms with van der Waals surface area (Å²) in [5.41, 5.74) is 3.85. The Morgan fingerprint density at radius 3 is 2.54 bits per heavy atom. The summed E-state index contributed by atoms with van der Waals surface area (Å²) >= 11 is 12.2. The van der Waals surface area contributed by atoms with Gasteiger partial charge in [0.25, 0.3) is 0 Å². The molecule has 2 aromatic rings. The minimum atomic E-state index is 0.590. The summed E-state index contributed by atoms with van der Waals surface area (Å²) in [6.45, 7) is 8.39. The van der Waals surface area contributed by atoms with Gasteiger partial charge in [-0.3, -0.25) is 0 Å². The number of benzene rings is 2. The van der Waals surface area contributed by atoms with Crippen molar-refractivity contribution in [2.24, 2.45) is 0 Å². The fourth-order valence-electron chi connectivity index (χ4n) is 3.61. The Hall–Kier alpha value is -1.22. The molecule has 0 unspecified atom stereocenters. The van der Waals surface area contributed by atoms with E-state index in [0.717, 1.165) is 38.4 Å². The second-order valence-electron chi connectivity index (χ2n) is 7.19. The van der Waals surface area contributed by atoms with Crippen LogP contribution in [0.1, 0.15) is 41.9 Å². The van der Waals surface area contributed by atoms with Crippen molar-refractivity contribution in [3.05, 3.63) is 63.1 Å². The van der Waals surface area contributed by atoms with Gasteiger partial charge in [-0.1, -0.05) is 41.4 Å². The third kappa shape index (κ3) is 4.94. The van der Waals surface area contributed by atoms with Crippen LogP contribution in [-0.4, -0.2) is 31.1 Å². The zero-order chi connectivity index (χ0) is 18.5. The van der Waals surface area contributed by atoms with Crippen molar-refractivity contribution in [1.82, 2.24) is 4.90 Å². The topological polar surface area (TPSA) is 12.5 Å². The highest BCUT2D eigenvalue weighted by molar-refractivity contribution is 6.42. The summed E-state index contributed by atoms with van der Waals surface area (Å²) in [4.78, 5) is 2.54. The van der Waals surface area contributed by atoms with Crippen molar-refractivity contribution in [3.8, 4) is 5.75 Å². The van der Waals surface area contributed by atoms with E-state index in [0.29, 0.717) is 16.0 Å². The van der Waals surface area contributed by atoms with Crippen LogP contribution in [0.25, 0.3) is 0 Å². The van der Waals surface area contributed by atoms with Crippen LogP contribution in [0.2, 0.25) is 10.0 Å². The molecular formula is C22H27Cl2NO. The summed E-state index contributed by atoms with van der Waals surface area (Å²) in [5, 5.41) is 1.30. The lowest BCUT2D eigenvalue weighted by atomic mass is 9.89. The summed E-state index contributed by atoms with van der Waals surface area (Å²) in [5.74, 6) is 1.61. The maximum atomic E-state index is 6.16. The highest BCUT2D eigenvalue weighted by Crippen LogP contribution is 2.32. The Balaban J connectivity index is 1.40. The zero-order valence-corrected chi connectivity index (χ0v) is 17.1. The van der Waals surface area contributed by atoms with Crippen molar-refractivity contribution in [1.29, 1.82) is 0 Å². The molecule has 4 heteroatoms. The Morgan fingerprint density at radius 1 is 1.04 bits per heavy atom. The molecule has 1 aliphatic heterocycles. The predicted octanol–water partition coefficient (Wildman–Crippen LogP) is 6.26. The normalized spacial score (nSPS) is 16.0. The maximum absolute atomic E-state index is 6.16. The molecular weight excluding hydrogens is 365 g/mol.